The second-order valence-electron chi connectivity index (χ2n) is 4.40. The molecule has 88 valence electrons. The van der Waals surface area contributed by atoms with Crippen LogP contribution in [0.25, 0.3) is 0 Å². The van der Waals surface area contributed by atoms with Gasteiger partial charge in [0.2, 0.25) is 0 Å². The van der Waals surface area contributed by atoms with E-state index in [-0.39, 0.29) is 0 Å². The topological polar surface area (TPSA) is 35.5 Å². The molecule has 1 aliphatic rings. The first-order valence-corrected chi connectivity index (χ1v) is 5.92. The minimum atomic E-state index is 0.309. The van der Waals surface area contributed by atoms with Crippen molar-refractivity contribution >= 4 is 11.6 Å². The van der Waals surface area contributed by atoms with Crippen LogP contribution in [-0.4, -0.2) is 36.2 Å². The Morgan fingerprint density at radius 2 is 2.38 bits per heavy atom. The van der Waals surface area contributed by atoms with Crippen LogP contribution in [0.2, 0.25) is 5.02 Å². The summed E-state index contributed by atoms with van der Waals surface area (Å²) < 4.78 is 0. The highest BCUT2D eigenvalue weighted by Crippen LogP contribution is 2.21. The number of likely N-dealkylation sites (N-methyl/N-ethyl adjacent to an activating group) is 1. The normalized spacial score (nSPS) is 21.5. The molecule has 0 radical (unpaired) electrons. The van der Waals surface area contributed by atoms with E-state index in [1.54, 1.807) is 12.1 Å². The zero-order chi connectivity index (χ0) is 11.5. The van der Waals surface area contributed by atoms with Crippen LogP contribution in [0.1, 0.15) is 12.0 Å². The molecule has 0 aliphatic carbocycles. The van der Waals surface area contributed by atoms with E-state index in [2.05, 4.69) is 17.3 Å². The molecule has 2 N–H and O–H groups in total. The lowest BCUT2D eigenvalue weighted by atomic mass is 10.2. The Labute approximate surface area is 101 Å². The number of nitrogens with zero attached hydrogens (tertiary/aromatic N) is 1. The van der Waals surface area contributed by atoms with Gasteiger partial charge in [-0.3, -0.25) is 0 Å². The van der Waals surface area contributed by atoms with Crippen molar-refractivity contribution in [2.24, 2.45) is 0 Å². The summed E-state index contributed by atoms with van der Waals surface area (Å²) in [6.45, 7) is 2.88. The molecular weight excluding hydrogens is 224 g/mol. The first-order valence-electron chi connectivity index (χ1n) is 5.54. The average molecular weight is 241 g/mol. The number of benzene rings is 1. The van der Waals surface area contributed by atoms with Gasteiger partial charge in [-0.1, -0.05) is 11.6 Å². The lowest BCUT2D eigenvalue weighted by Gasteiger charge is -2.13. The maximum atomic E-state index is 9.65. The summed E-state index contributed by atoms with van der Waals surface area (Å²) in [4.78, 5) is 2.30. The summed E-state index contributed by atoms with van der Waals surface area (Å²) >= 11 is 5.89. The highest BCUT2D eigenvalue weighted by molar-refractivity contribution is 6.30. The molecule has 1 fully saturated rings. The molecule has 3 nitrogen and oxygen atoms in total. The van der Waals surface area contributed by atoms with Crippen molar-refractivity contribution in [2.45, 2.75) is 19.0 Å². The lowest BCUT2D eigenvalue weighted by molar-refractivity contribution is 0.396. The average Bonchev–Trinajstić information content (AvgIpc) is 2.66. The molecule has 1 saturated heterocycles. The summed E-state index contributed by atoms with van der Waals surface area (Å²) in [5, 5.41) is 13.8. The minimum Gasteiger partial charge on any atom is -0.508 e. The molecule has 1 heterocycles. The molecule has 1 atom stereocenters. The van der Waals surface area contributed by atoms with E-state index in [9.17, 15) is 5.11 Å². The van der Waals surface area contributed by atoms with Crippen LogP contribution in [0.4, 0.5) is 0 Å². The number of hydrogen-bond acceptors (Lipinski definition) is 3. The molecule has 0 saturated carbocycles. The van der Waals surface area contributed by atoms with Crippen LogP contribution >= 0.6 is 11.6 Å². The third-order valence-electron chi connectivity index (χ3n) is 3.01. The first-order chi connectivity index (χ1) is 7.65. The van der Waals surface area contributed by atoms with Gasteiger partial charge in [0, 0.05) is 29.7 Å². The van der Waals surface area contributed by atoms with Crippen molar-refractivity contribution in [2.75, 3.05) is 20.1 Å². The minimum absolute atomic E-state index is 0.309. The number of nitrogens with one attached hydrogen (secondary N) is 1. The molecule has 0 aromatic heterocycles. The van der Waals surface area contributed by atoms with Crippen LogP contribution in [0.5, 0.6) is 5.75 Å². The molecule has 1 aromatic carbocycles. The third kappa shape index (κ3) is 2.88. The Hall–Kier alpha value is -0.770. The molecular formula is C12H17ClN2O. The van der Waals surface area contributed by atoms with E-state index >= 15 is 0 Å². The monoisotopic (exact) mass is 240 g/mol. The zero-order valence-electron chi connectivity index (χ0n) is 9.41. The van der Waals surface area contributed by atoms with Gasteiger partial charge >= 0.3 is 0 Å². The Balaban J connectivity index is 1.91. The van der Waals surface area contributed by atoms with Crippen molar-refractivity contribution in [1.29, 1.82) is 0 Å². The fraction of sp³-hybridized carbons (Fsp3) is 0.500. The number of phenols is 1. The molecule has 0 bridgehead atoms. The summed E-state index contributed by atoms with van der Waals surface area (Å²) in [7, 11) is 2.12. The number of aromatic hydroxyl groups is 1. The van der Waals surface area contributed by atoms with Crippen molar-refractivity contribution in [3.63, 3.8) is 0 Å². The number of hydrogen-bond donors (Lipinski definition) is 2. The van der Waals surface area contributed by atoms with Gasteiger partial charge in [-0.05, 0) is 38.2 Å². The fourth-order valence-corrected chi connectivity index (χ4v) is 2.25. The van der Waals surface area contributed by atoms with Crippen LogP contribution in [0, 0.1) is 0 Å². The number of rotatable bonds is 3. The van der Waals surface area contributed by atoms with Crippen molar-refractivity contribution in [3.8, 4) is 5.75 Å². The standard InChI is InChI=1S/C12H17ClN2O/c1-15-5-4-11(8-15)14-7-9-6-10(13)2-3-12(9)16/h2-3,6,11,14,16H,4-5,7-8H2,1H3. The molecule has 4 heteroatoms. The Morgan fingerprint density at radius 1 is 1.56 bits per heavy atom. The third-order valence-corrected chi connectivity index (χ3v) is 3.25. The second kappa shape index (κ2) is 5.04. The van der Waals surface area contributed by atoms with Gasteiger partial charge in [-0.15, -0.1) is 0 Å². The highest BCUT2D eigenvalue weighted by Gasteiger charge is 2.18. The number of likely N-dealkylation sites (tertiary alicyclic amines) is 1. The smallest absolute Gasteiger partial charge is 0.120 e. The van der Waals surface area contributed by atoms with E-state index < -0.39 is 0 Å². The summed E-state index contributed by atoms with van der Waals surface area (Å²) in [5.41, 5.74) is 0.863. The van der Waals surface area contributed by atoms with Gasteiger partial charge in [0.1, 0.15) is 5.75 Å². The molecule has 1 aliphatic heterocycles. The Kier molecular flexibility index (Phi) is 3.69. The van der Waals surface area contributed by atoms with Crippen molar-refractivity contribution in [1.82, 2.24) is 10.2 Å². The van der Waals surface area contributed by atoms with E-state index in [0.29, 0.717) is 23.4 Å². The second-order valence-corrected chi connectivity index (χ2v) is 4.84. The Morgan fingerprint density at radius 3 is 3.06 bits per heavy atom. The number of halogens is 1. The summed E-state index contributed by atoms with van der Waals surface area (Å²) in [5.74, 6) is 0.309. The van der Waals surface area contributed by atoms with Crippen LogP contribution in [0.3, 0.4) is 0 Å². The zero-order valence-corrected chi connectivity index (χ0v) is 10.2. The quantitative estimate of drug-likeness (QED) is 0.847. The van der Waals surface area contributed by atoms with E-state index in [1.165, 1.54) is 0 Å². The summed E-state index contributed by atoms with van der Waals surface area (Å²) in [6, 6.07) is 5.66. The predicted octanol–water partition coefficient (Wildman–Crippen LogP) is 1.84. The van der Waals surface area contributed by atoms with Gasteiger partial charge in [0.15, 0.2) is 0 Å². The molecule has 0 spiro atoms. The highest BCUT2D eigenvalue weighted by atomic mass is 35.5. The van der Waals surface area contributed by atoms with E-state index in [1.807, 2.05) is 6.07 Å². The van der Waals surface area contributed by atoms with Crippen molar-refractivity contribution in [3.05, 3.63) is 28.8 Å². The van der Waals surface area contributed by atoms with Crippen LogP contribution in [-0.2, 0) is 6.54 Å². The van der Waals surface area contributed by atoms with Gasteiger partial charge in [-0.2, -0.15) is 0 Å². The SMILES string of the molecule is CN1CCC(NCc2cc(Cl)ccc2O)C1. The molecule has 16 heavy (non-hydrogen) atoms. The van der Waals surface area contributed by atoms with Gasteiger partial charge in [0.25, 0.3) is 0 Å². The van der Waals surface area contributed by atoms with Crippen LogP contribution in [0.15, 0.2) is 18.2 Å². The largest absolute Gasteiger partial charge is 0.508 e. The summed E-state index contributed by atoms with van der Waals surface area (Å²) in [6.07, 6.45) is 1.16. The predicted molar refractivity (Wildman–Crippen MR) is 65.9 cm³/mol. The van der Waals surface area contributed by atoms with Gasteiger partial charge < -0.3 is 15.3 Å². The van der Waals surface area contributed by atoms with Crippen molar-refractivity contribution < 1.29 is 5.11 Å². The van der Waals surface area contributed by atoms with E-state index in [4.69, 9.17) is 11.6 Å². The fourth-order valence-electron chi connectivity index (χ4n) is 2.05. The number of phenolic OH excluding ortho intramolecular Hbond substituents is 1. The first kappa shape index (κ1) is 11.7. The van der Waals surface area contributed by atoms with Gasteiger partial charge in [-0.25, -0.2) is 0 Å². The maximum absolute atomic E-state index is 9.65. The molecule has 0 amide bonds. The lowest BCUT2D eigenvalue weighted by Crippen LogP contribution is -2.30. The maximum Gasteiger partial charge on any atom is 0.120 e. The van der Waals surface area contributed by atoms with E-state index in [0.717, 1.165) is 25.1 Å². The van der Waals surface area contributed by atoms with Gasteiger partial charge in [0.05, 0.1) is 0 Å². The molecule has 1 unspecified atom stereocenters. The molecule has 1 aromatic rings. The Bertz CT molecular complexity index is 370. The van der Waals surface area contributed by atoms with Crippen LogP contribution < -0.4 is 5.32 Å². The molecule has 2 rings (SSSR count).